The Kier molecular flexibility index (Phi) is 94.2. The molecule has 13 heteroatoms. The molecule has 9 nitrogen and oxygen atoms in total. The molecule has 0 saturated heterocycles. The van der Waals surface area contributed by atoms with E-state index in [-0.39, 0.29) is 127 Å². The maximum Gasteiger partial charge on any atom is 2.00 e. The predicted molar refractivity (Wildman–Crippen MR) is 351 cm³/mol. The third kappa shape index (κ3) is 64.7. The van der Waals surface area contributed by atoms with Gasteiger partial charge in [-0.15, -0.1) is 11.1 Å². The van der Waals surface area contributed by atoms with Crippen LogP contribution in [0.4, 0.5) is 0 Å². The molecule has 0 radical (unpaired) electrons. The van der Waals surface area contributed by atoms with Crippen molar-refractivity contribution in [3.05, 3.63) is 178 Å². The fourth-order valence-electron chi connectivity index (χ4n) is 5.51. The van der Waals surface area contributed by atoms with E-state index in [0.717, 1.165) is 50.3 Å². The summed E-state index contributed by atoms with van der Waals surface area (Å²) in [6.45, 7) is 74.4. The number of hydrogen-bond acceptors (Lipinski definition) is 9. The van der Waals surface area contributed by atoms with Crippen LogP contribution >= 0.6 is 0 Å². The molecule has 0 saturated carbocycles. The van der Waals surface area contributed by atoms with Gasteiger partial charge < -0.3 is 40.4 Å². The van der Waals surface area contributed by atoms with E-state index in [0.29, 0.717) is 18.0 Å². The first-order valence-corrected chi connectivity index (χ1v) is 27.5. The van der Waals surface area contributed by atoms with Crippen molar-refractivity contribution in [1.82, 2.24) is 0 Å². The number of aryl methyl sites for hydroxylation is 3. The summed E-state index contributed by atoms with van der Waals surface area (Å²) in [5, 5.41) is 0. The van der Waals surface area contributed by atoms with E-state index in [2.05, 4.69) is 155 Å². The van der Waals surface area contributed by atoms with Crippen molar-refractivity contribution in [3.8, 4) is 11.5 Å². The largest absolute Gasteiger partial charge is 2.00 e. The summed E-state index contributed by atoms with van der Waals surface area (Å²) in [5.41, 5.74) is 9.08. The fraction of sp³-hybridized carbons (Fsp3) is 0.486. The van der Waals surface area contributed by atoms with E-state index in [1.54, 1.807) is 12.1 Å². The van der Waals surface area contributed by atoms with Crippen LogP contribution in [0.3, 0.4) is 0 Å². The van der Waals surface area contributed by atoms with Gasteiger partial charge in [0.1, 0.15) is 17.6 Å². The van der Waals surface area contributed by atoms with E-state index in [9.17, 15) is 14.4 Å². The summed E-state index contributed by atoms with van der Waals surface area (Å²) >= 11 is 0. The van der Waals surface area contributed by atoms with E-state index in [4.69, 9.17) is 28.5 Å². The molecule has 4 aromatic carbocycles. The Morgan fingerprint density at radius 1 is 0.565 bits per heavy atom. The van der Waals surface area contributed by atoms with Crippen molar-refractivity contribution in [3.63, 3.8) is 0 Å². The first kappa shape index (κ1) is 112. The Morgan fingerprint density at radius 2 is 0.894 bits per heavy atom. The van der Waals surface area contributed by atoms with Gasteiger partial charge in [-0.25, -0.2) is 0 Å². The Morgan fingerprint density at radius 3 is 1.19 bits per heavy atom. The zero-order valence-corrected chi connectivity index (χ0v) is 69.0. The van der Waals surface area contributed by atoms with Crippen LogP contribution in [0, 0.1) is 44.7 Å². The third-order valence-corrected chi connectivity index (χ3v) is 9.44. The predicted octanol–water partition coefficient (Wildman–Crippen LogP) is 20.9. The van der Waals surface area contributed by atoms with Gasteiger partial charge in [0.15, 0.2) is 0 Å². The van der Waals surface area contributed by atoms with E-state index in [1.807, 2.05) is 138 Å². The van der Waals surface area contributed by atoms with E-state index in [1.165, 1.54) is 44.1 Å². The number of allylic oxidation sites excluding steroid dienone is 3. The second-order valence-corrected chi connectivity index (χ2v) is 19.8. The van der Waals surface area contributed by atoms with Crippen molar-refractivity contribution < 1.29 is 127 Å². The van der Waals surface area contributed by atoms with E-state index < -0.39 is 0 Å². The Bertz CT molecular complexity index is 2180. The smallest absolute Gasteiger partial charge is 0.545 e. The average Bonchev–Trinajstić information content (AvgIpc) is 3.36. The van der Waals surface area contributed by atoms with Gasteiger partial charge >= 0.3 is 54.1 Å². The van der Waals surface area contributed by atoms with Gasteiger partial charge in [0, 0.05) is 77.9 Å². The summed E-state index contributed by atoms with van der Waals surface area (Å²) in [6, 6.07) is 31.4. The molecule has 0 spiro atoms. The summed E-state index contributed by atoms with van der Waals surface area (Å²) < 4.78 is 20.7. The molecule has 0 heterocycles. The zero-order chi connectivity index (χ0) is 64.9. The number of ether oxygens (including phenoxy) is 4. The Balaban J connectivity index is -0.0000000651. The molecule has 484 valence electrons. The van der Waals surface area contributed by atoms with Crippen LogP contribution in [0.2, 0.25) is 0 Å². The first-order chi connectivity index (χ1) is 37.2. The normalized spacial score (nSPS) is 9.39. The van der Waals surface area contributed by atoms with Gasteiger partial charge in [-0.05, 0) is 46.8 Å². The minimum absolute atomic E-state index is 0. The number of benzene rings is 4. The Hall–Kier alpha value is -3.60. The van der Waals surface area contributed by atoms with Gasteiger partial charge in [0.2, 0.25) is 0 Å². The van der Waals surface area contributed by atoms with Crippen LogP contribution in [-0.4, -0.2) is 32.0 Å². The van der Waals surface area contributed by atoms with Crippen molar-refractivity contribution in [2.24, 2.45) is 0 Å². The maximum atomic E-state index is 11.0. The molecule has 0 N–H and O–H groups in total. The maximum absolute atomic E-state index is 11.0. The van der Waals surface area contributed by atoms with Crippen LogP contribution in [0.5, 0.6) is 11.5 Å². The number of carbonyl (C=O) groups excluding carboxylic acids is 5. The SMILES string of the molecule is C.C=C(C)C(C)(C)c1ccccc1OC(C)=O.C=C(C)C(C)(C)c1ccccc1OC=O.C=C(C)OC(C)c1cc(C)[c-]c(C)c1.CC.CC.CC(=O)OC(C)c1[c-]c(C)ccc1.CCC.CCC.C[C-](C)C.C[C-](C)C.[CH-]=O.[CH-]=O.[W+2].[W+2].[W].[W]. The zero-order valence-electron chi connectivity index (χ0n) is 57.2. The van der Waals surface area contributed by atoms with E-state index >= 15 is 0 Å². The van der Waals surface area contributed by atoms with Crippen molar-refractivity contribution >= 4 is 32.0 Å². The van der Waals surface area contributed by atoms with Crippen LogP contribution in [0.1, 0.15) is 245 Å². The minimum atomic E-state index is -0.301. The van der Waals surface area contributed by atoms with Gasteiger partial charge in [-0.1, -0.05) is 191 Å². The van der Waals surface area contributed by atoms with Crippen molar-refractivity contribution in [2.45, 2.75) is 237 Å². The third-order valence-electron chi connectivity index (χ3n) is 9.44. The summed E-state index contributed by atoms with van der Waals surface area (Å²) in [7, 11) is 0. The molecule has 2 unspecified atom stereocenters. The molecule has 4 rings (SSSR count). The molecule has 0 aliphatic carbocycles. The number of rotatable bonds is 12. The molecular weight excluding hydrogens is 1740 g/mol. The number of esters is 2. The number of hydrogen-bond donors (Lipinski definition) is 0. The monoisotopic (exact) mass is 1860 g/mol. The minimum Gasteiger partial charge on any atom is -0.545 e. The van der Waals surface area contributed by atoms with Crippen molar-refractivity contribution in [1.29, 1.82) is 0 Å². The van der Waals surface area contributed by atoms with Crippen LogP contribution in [-0.2, 0) is 129 Å². The molecule has 0 aromatic heterocycles. The molecule has 0 bridgehead atoms. The molecule has 0 amide bonds. The fourth-order valence-corrected chi connectivity index (χ4v) is 5.51. The van der Waals surface area contributed by atoms with Crippen LogP contribution in [0.15, 0.2) is 116 Å². The Labute approximate surface area is 581 Å². The molecule has 0 fully saturated rings. The molecule has 4 aromatic rings. The second kappa shape index (κ2) is 71.2. The second-order valence-electron chi connectivity index (χ2n) is 19.8. The van der Waals surface area contributed by atoms with Crippen LogP contribution < -0.4 is 9.47 Å². The molecule has 2 atom stereocenters. The summed E-state index contributed by atoms with van der Waals surface area (Å²) in [4.78, 5) is 47.6. The first-order valence-electron chi connectivity index (χ1n) is 27.5. The molecule has 0 aliphatic heterocycles. The van der Waals surface area contributed by atoms with Gasteiger partial charge in [-0.3, -0.25) is 28.0 Å². The van der Waals surface area contributed by atoms with Gasteiger partial charge in [0.05, 0.1) is 11.9 Å². The van der Waals surface area contributed by atoms with Crippen molar-refractivity contribution in [2.75, 3.05) is 0 Å². The topological polar surface area (TPSA) is 122 Å². The van der Waals surface area contributed by atoms with Gasteiger partial charge in [0.25, 0.3) is 6.47 Å². The quantitative estimate of drug-likeness (QED) is 0.0341. The standard InChI is InChI=1S/C14H18O2.C13H16O2.C13H17O.C11H13O2.2C4H9.2C3H8.2C2H6.2CHO.CH4.4W/c1-10(2)14(4,5)12-8-6-7-9-13(12)16-11(3)15;1-10(2)13(3,4)11-7-5-6-8-12(11)15-9-14;1-9(2)14-12(5)13-7-10(3)6-11(4)8-13;1-8-5-4-6-11(7-8)9(2)13-10(3)12;2*1-4(2)3;2*1-3-2;4*1-2;;;;;/h6-9H,1H2,2-5H3;5-9H,1H2,2-4H3;7-8,12H,1H2,2-5H3;4-6,9H,1-3H3;2*1-3H3;2*3H2,1-2H3;2*1-2H3;2*1H;1H4;;;;/q;;4*-1;;;;;2*-1;;;;2*+2. The number of carbonyl (C=O) groups is 3. The molecule has 85 heavy (non-hydrogen) atoms. The van der Waals surface area contributed by atoms with Crippen LogP contribution in [0.25, 0.3) is 0 Å². The average molecular weight is 1860 g/mol. The summed E-state index contributed by atoms with van der Waals surface area (Å²) in [5.74, 6) is 4.23. The number of para-hydroxylation sites is 2. The van der Waals surface area contributed by atoms with Gasteiger partial charge in [-0.2, -0.15) is 101 Å². The summed E-state index contributed by atoms with van der Waals surface area (Å²) in [6.07, 6.45) is 2.36. The molecular formula is C72H116O9W4-2. The molecule has 0 aliphatic rings.